The fraction of sp³-hybridized carbons (Fsp3) is 0.333. The van der Waals surface area contributed by atoms with E-state index >= 15 is 0 Å². The van der Waals surface area contributed by atoms with Crippen molar-refractivity contribution in [1.82, 2.24) is 9.47 Å². The number of rotatable bonds is 3. The van der Waals surface area contributed by atoms with Crippen LogP contribution in [0.25, 0.3) is 0 Å². The van der Waals surface area contributed by atoms with Crippen LogP contribution < -0.4 is 10.3 Å². The van der Waals surface area contributed by atoms with Crippen molar-refractivity contribution in [2.45, 2.75) is 19.1 Å². The van der Waals surface area contributed by atoms with Crippen molar-refractivity contribution in [3.05, 3.63) is 64.1 Å². The molecule has 1 N–H and O–H groups in total. The molecule has 3 rings (SSSR count). The maximum Gasteiger partial charge on any atom is 0.263 e. The summed E-state index contributed by atoms with van der Waals surface area (Å²) >= 11 is 0. The number of aliphatic hydroxyl groups is 1. The predicted octanol–water partition coefficient (Wildman–Crippen LogP) is 0.958. The highest BCUT2D eigenvalue weighted by Crippen LogP contribution is 2.19. The lowest BCUT2D eigenvalue weighted by Gasteiger charge is -2.17. The molecule has 2 atom stereocenters. The Morgan fingerprint density at radius 3 is 2.58 bits per heavy atom. The highest BCUT2D eigenvalue weighted by Gasteiger charge is 2.36. The average molecular weight is 328 g/mol. The van der Waals surface area contributed by atoms with Crippen LogP contribution in [0.3, 0.4) is 0 Å². The number of aliphatic hydroxyl groups excluding tert-OH is 1. The van der Waals surface area contributed by atoms with Crippen LogP contribution >= 0.6 is 0 Å². The molecule has 0 saturated carbocycles. The van der Waals surface area contributed by atoms with E-state index in [9.17, 15) is 14.7 Å². The first-order valence-corrected chi connectivity index (χ1v) is 7.83. The lowest BCUT2D eigenvalue weighted by atomic mass is 10.2. The van der Waals surface area contributed by atoms with Crippen molar-refractivity contribution in [2.75, 3.05) is 13.1 Å². The normalized spacial score (nSPS) is 20.2. The highest BCUT2D eigenvalue weighted by molar-refractivity contribution is 5.94. The molecule has 24 heavy (non-hydrogen) atoms. The van der Waals surface area contributed by atoms with Crippen LogP contribution in [0.4, 0.5) is 0 Å². The van der Waals surface area contributed by atoms with Gasteiger partial charge in [0.2, 0.25) is 0 Å². The van der Waals surface area contributed by atoms with Crippen LogP contribution in [0.2, 0.25) is 0 Å². The molecule has 1 saturated heterocycles. The number of likely N-dealkylation sites (tertiary alicyclic amines) is 1. The number of benzene rings is 1. The fourth-order valence-electron chi connectivity index (χ4n) is 2.77. The van der Waals surface area contributed by atoms with Gasteiger partial charge in [-0.3, -0.25) is 9.59 Å². The zero-order chi connectivity index (χ0) is 17.3. The van der Waals surface area contributed by atoms with Crippen molar-refractivity contribution in [1.29, 1.82) is 0 Å². The number of ether oxygens (including phenoxy) is 1. The summed E-state index contributed by atoms with van der Waals surface area (Å²) < 4.78 is 7.19. The monoisotopic (exact) mass is 328 g/mol. The molecule has 1 aliphatic rings. The van der Waals surface area contributed by atoms with Gasteiger partial charge in [0, 0.05) is 12.7 Å². The topological polar surface area (TPSA) is 71.8 Å². The summed E-state index contributed by atoms with van der Waals surface area (Å²) in [5.74, 6) is 0.260. The van der Waals surface area contributed by atoms with Crippen molar-refractivity contribution >= 4 is 5.91 Å². The third-order valence-corrected chi connectivity index (χ3v) is 4.34. The van der Waals surface area contributed by atoms with Crippen LogP contribution in [-0.2, 0) is 7.05 Å². The summed E-state index contributed by atoms with van der Waals surface area (Å²) in [7, 11) is 1.63. The molecule has 6 nitrogen and oxygen atoms in total. The Bertz CT molecular complexity index is 800. The molecule has 126 valence electrons. The van der Waals surface area contributed by atoms with Gasteiger partial charge in [0.15, 0.2) is 0 Å². The Labute approximate surface area is 139 Å². The second kappa shape index (κ2) is 6.49. The van der Waals surface area contributed by atoms with Gasteiger partial charge in [-0.2, -0.15) is 0 Å². The van der Waals surface area contributed by atoms with E-state index in [4.69, 9.17) is 4.74 Å². The van der Waals surface area contributed by atoms with Gasteiger partial charge in [0.1, 0.15) is 23.5 Å². The first kappa shape index (κ1) is 16.3. The minimum absolute atomic E-state index is 0.107. The Morgan fingerprint density at radius 2 is 1.88 bits per heavy atom. The molecule has 2 heterocycles. The Hall–Kier alpha value is -2.60. The van der Waals surface area contributed by atoms with Crippen LogP contribution in [0.1, 0.15) is 16.1 Å². The maximum atomic E-state index is 12.6. The molecule has 0 unspecified atom stereocenters. The SMILES string of the molecule is Cc1ccc(C(=O)N2C[C@@H](O)[C@H](Oc3ccccc3)C2)c(=O)n1C. The average Bonchev–Trinajstić information content (AvgIpc) is 2.94. The standard InChI is InChI=1S/C18H20N2O4/c1-12-8-9-14(17(22)19(12)2)18(23)20-10-15(21)16(11-20)24-13-6-4-3-5-7-13/h3-9,15-16,21H,10-11H2,1-2H3/t15-,16-/m1/s1. The van der Waals surface area contributed by atoms with Crippen molar-refractivity contribution < 1.29 is 14.6 Å². The van der Waals surface area contributed by atoms with E-state index in [2.05, 4.69) is 0 Å². The molecule has 0 aliphatic carbocycles. The molecule has 2 aromatic rings. The van der Waals surface area contributed by atoms with E-state index in [1.807, 2.05) is 18.2 Å². The molecule has 1 aromatic carbocycles. The third kappa shape index (κ3) is 3.05. The number of amides is 1. The molecular weight excluding hydrogens is 308 g/mol. The number of β-amino-alcohol motifs (C(OH)–C–C–N with tert-alkyl or cyclic N) is 1. The molecule has 6 heteroatoms. The van der Waals surface area contributed by atoms with Crippen molar-refractivity contribution in [2.24, 2.45) is 7.05 Å². The summed E-state index contributed by atoms with van der Waals surface area (Å²) in [6.07, 6.45) is -1.30. The van der Waals surface area contributed by atoms with Gasteiger partial charge < -0.3 is 19.3 Å². The van der Waals surface area contributed by atoms with Crippen LogP contribution in [0.5, 0.6) is 5.75 Å². The van der Waals surface area contributed by atoms with Crippen LogP contribution in [0.15, 0.2) is 47.3 Å². The van der Waals surface area contributed by atoms with E-state index in [0.29, 0.717) is 5.75 Å². The Balaban J connectivity index is 1.76. The van der Waals surface area contributed by atoms with Crippen LogP contribution in [0, 0.1) is 6.92 Å². The number of pyridine rings is 1. The third-order valence-electron chi connectivity index (χ3n) is 4.34. The molecular formula is C18H20N2O4. The number of para-hydroxylation sites is 1. The summed E-state index contributed by atoms with van der Waals surface area (Å²) in [5.41, 5.74) is 0.556. The van der Waals surface area contributed by atoms with Crippen LogP contribution in [-0.4, -0.2) is 45.8 Å². The Kier molecular flexibility index (Phi) is 4.40. The molecule has 1 aromatic heterocycles. The largest absolute Gasteiger partial charge is 0.486 e. The quantitative estimate of drug-likeness (QED) is 0.911. The number of aromatic nitrogens is 1. The Morgan fingerprint density at radius 1 is 1.17 bits per heavy atom. The lowest BCUT2D eigenvalue weighted by Crippen LogP contribution is -2.36. The van der Waals surface area contributed by atoms with E-state index in [-0.39, 0.29) is 30.1 Å². The number of nitrogens with zero attached hydrogens (tertiary/aromatic N) is 2. The second-order valence-corrected chi connectivity index (χ2v) is 6.00. The highest BCUT2D eigenvalue weighted by atomic mass is 16.5. The van der Waals surface area contributed by atoms with Gasteiger partial charge in [-0.05, 0) is 31.2 Å². The number of carbonyl (C=O) groups is 1. The summed E-state index contributed by atoms with van der Waals surface area (Å²) in [6, 6.07) is 12.4. The second-order valence-electron chi connectivity index (χ2n) is 6.00. The fourth-order valence-corrected chi connectivity index (χ4v) is 2.77. The first-order valence-electron chi connectivity index (χ1n) is 7.83. The number of aryl methyl sites for hydroxylation is 1. The van der Waals surface area contributed by atoms with Gasteiger partial charge in [-0.15, -0.1) is 0 Å². The van der Waals surface area contributed by atoms with Crippen molar-refractivity contribution in [3.63, 3.8) is 0 Å². The van der Waals surface area contributed by atoms with E-state index in [0.717, 1.165) is 5.69 Å². The van der Waals surface area contributed by atoms with Gasteiger partial charge >= 0.3 is 0 Å². The summed E-state index contributed by atoms with van der Waals surface area (Å²) in [6.45, 7) is 2.19. The lowest BCUT2D eigenvalue weighted by molar-refractivity contribution is 0.0729. The van der Waals surface area contributed by atoms with Gasteiger partial charge in [-0.25, -0.2) is 0 Å². The number of carbonyl (C=O) groups excluding carboxylic acids is 1. The maximum absolute atomic E-state index is 12.6. The minimum Gasteiger partial charge on any atom is -0.486 e. The molecule has 0 bridgehead atoms. The molecule has 1 fully saturated rings. The molecule has 1 aliphatic heterocycles. The predicted molar refractivity (Wildman–Crippen MR) is 89.2 cm³/mol. The van der Waals surface area contributed by atoms with Gasteiger partial charge in [0.25, 0.3) is 11.5 Å². The van der Waals surface area contributed by atoms with E-state index < -0.39 is 12.2 Å². The zero-order valence-corrected chi connectivity index (χ0v) is 13.7. The molecule has 0 spiro atoms. The van der Waals surface area contributed by atoms with E-state index in [1.54, 1.807) is 32.2 Å². The smallest absolute Gasteiger partial charge is 0.263 e. The number of hydrogen-bond donors (Lipinski definition) is 1. The van der Waals surface area contributed by atoms with Gasteiger partial charge in [-0.1, -0.05) is 18.2 Å². The van der Waals surface area contributed by atoms with Crippen molar-refractivity contribution in [3.8, 4) is 5.75 Å². The summed E-state index contributed by atoms with van der Waals surface area (Å²) in [4.78, 5) is 26.3. The minimum atomic E-state index is -0.788. The number of hydrogen-bond acceptors (Lipinski definition) is 4. The molecule has 0 radical (unpaired) electrons. The van der Waals surface area contributed by atoms with E-state index in [1.165, 1.54) is 15.5 Å². The van der Waals surface area contributed by atoms with Gasteiger partial charge in [0.05, 0.1) is 13.1 Å². The zero-order valence-electron chi connectivity index (χ0n) is 13.7. The summed E-state index contributed by atoms with van der Waals surface area (Å²) in [5, 5.41) is 10.2. The first-order chi connectivity index (χ1) is 11.5. The molecule has 1 amide bonds.